The van der Waals surface area contributed by atoms with E-state index in [0.717, 1.165) is 18.0 Å². The maximum absolute atomic E-state index is 13.3. The zero-order valence-electron chi connectivity index (χ0n) is 18.5. The van der Waals surface area contributed by atoms with Gasteiger partial charge in [-0.25, -0.2) is 4.90 Å². The summed E-state index contributed by atoms with van der Waals surface area (Å²) in [6.07, 6.45) is 0. The predicted octanol–water partition coefficient (Wildman–Crippen LogP) is 3.65. The molecule has 0 spiro atoms. The quantitative estimate of drug-likeness (QED) is 0.552. The molecule has 0 atom stereocenters. The average Bonchev–Trinajstić information content (AvgIpc) is 3.09. The molecular formula is C27H24Cl2N3O2+. The van der Waals surface area contributed by atoms with Crippen molar-refractivity contribution in [2.24, 2.45) is 0 Å². The summed E-state index contributed by atoms with van der Waals surface area (Å²) in [6.45, 7) is 2.88. The zero-order chi connectivity index (χ0) is 23.7. The Hall–Kier alpha value is -3.12. The lowest BCUT2D eigenvalue weighted by Crippen LogP contribution is -3.15. The van der Waals surface area contributed by atoms with Crippen molar-refractivity contribution < 1.29 is 14.5 Å². The number of quaternary nitrogens is 1. The van der Waals surface area contributed by atoms with Crippen molar-refractivity contribution >= 4 is 40.7 Å². The topological polar surface area (TPSA) is 45.1 Å². The third kappa shape index (κ3) is 4.23. The van der Waals surface area contributed by atoms with Crippen LogP contribution in [-0.2, 0) is 9.59 Å². The van der Waals surface area contributed by atoms with E-state index >= 15 is 0 Å². The minimum Gasteiger partial charge on any atom is -0.354 e. The molecule has 0 bridgehead atoms. The molecule has 34 heavy (non-hydrogen) atoms. The Morgan fingerprint density at radius 1 is 0.706 bits per heavy atom. The Morgan fingerprint density at radius 2 is 1.24 bits per heavy atom. The van der Waals surface area contributed by atoms with Gasteiger partial charge >= 0.3 is 0 Å². The molecule has 0 saturated carbocycles. The lowest BCUT2D eigenvalue weighted by atomic mass is 9.96. The van der Waals surface area contributed by atoms with Crippen LogP contribution in [0.25, 0.3) is 0 Å². The van der Waals surface area contributed by atoms with Gasteiger partial charge in [0.2, 0.25) is 0 Å². The molecule has 2 amide bonds. The summed E-state index contributed by atoms with van der Waals surface area (Å²) >= 11 is 12.4. The van der Waals surface area contributed by atoms with Gasteiger partial charge in [0.1, 0.15) is 16.8 Å². The summed E-state index contributed by atoms with van der Waals surface area (Å²) < 4.78 is 0. The van der Waals surface area contributed by atoms with Gasteiger partial charge in [0.15, 0.2) is 0 Å². The molecule has 172 valence electrons. The normalized spacial score (nSPS) is 17.3. The minimum atomic E-state index is -0.495. The van der Waals surface area contributed by atoms with E-state index in [9.17, 15) is 9.59 Å². The van der Waals surface area contributed by atoms with Crippen molar-refractivity contribution in [2.45, 2.75) is 6.04 Å². The molecule has 0 radical (unpaired) electrons. The van der Waals surface area contributed by atoms with Crippen LogP contribution in [0.15, 0.2) is 95.7 Å². The molecule has 0 unspecified atom stereocenters. The first-order chi connectivity index (χ1) is 16.5. The Morgan fingerprint density at radius 3 is 1.76 bits per heavy atom. The Labute approximate surface area is 208 Å². The first-order valence-electron chi connectivity index (χ1n) is 11.3. The fourth-order valence-corrected chi connectivity index (χ4v) is 5.26. The number of piperazine rings is 1. The SMILES string of the molecule is O=C1C(Cl)=C(N2CC[NH+](C(c3ccccc3)c3ccccc3)CC2)C(=O)N1c1ccc(Cl)cc1. The number of hydrogen-bond acceptors (Lipinski definition) is 3. The van der Waals surface area contributed by atoms with Crippen LogP contribution >= 0.6 is 23.2 Å². The summed E-state index contributed by atoms with van der Waals surface area (Å²) in [5.41, 5.74) is 3.27. The van der Waals surface area contributed by atoms with Crippen LogP contribution in [0.5, 0.6) is 0 Å². The van der Waals surface area contributed by atoms with Crippen LogP contribution in [0.4, 0.5) is 5.69 Å². The lowest BCUT2D eigenvalue weighted by molar-refractivity contribution is -0.929. The summed E-state index contributed by atoms with van der Waals surface area (Å²) in [5, 5.41) is 0.513. The second-order valence-corrected chi connectivity index (χ2v) is 9.30. The minimum absolute atomic E-state index is 0.0222. The van der Waals surface area contributed by atoms with E-state index < -0.39 is 5.91 Å². The summed E-state index contributed by atoms with van der Waals surface area (Å²) in [6, 6.07) is 27.8. The molecule has 1 N–H and O–H groups in total. The van der Waals surface area contributed by atoms with Crippen LogP contribution in [0.1, 0.15) is 17.2 Å². The van der Waals surface area contributed by atoms with E-state index in [4.69, 9.17) is 23.2 Å². The summed E-state index contributed by atoms with van der Waals surface area (Å²) in [7, 11) is 0. The first kappa shape index (κ1) is 22.7. The lowest BCUT2D eigenvalue weighted by Gasteiger charge is -2.38. The predicted molar refractivity (Wildman–Crippen MR) is 134 cm³/mol. The zero-order valence-corrected chi connectivity index (χ0v) is 20.0. The fourth-order valence-electron chi connectivity index (χ4n) is 4.85. The largest absolute Gasteiger partial charge is 0.354 e. The number of amides is 2. The molecule has 2 aliphatic heterocycles. The van der Waals surface area contributed by atoms with Crippen molar-refractivity contribution in [3.05, 3.63) is 112 Å². The van der Waals surface area contributed by atoms with E-state index in [-0.39, 0.29) is 22.7 Å². The van der Waals surface area contributed by atoms with Gasteiger partial charge < -0.3 is 9.80 Å². The first-order valence-corrected chi connectivity index (χ1v) is 12.0. The number of hydrogen-bond donors (Lipinski definition) is 1. The number of carbonyl (C=O) groups is 2. The summed E-state index contributed by atoms with van der Waals surface area (Å²) in [5.74, 6) is -0.881. The second-order valence-electron chi connectivity index (χ2n) is 8.48. The van der Waals surface area contributed by atoms with E-state index in [1.165, 1.54) is 16.0 Å². The molecular weight excluding hydrogens is 469 g/mol. The molecule has 2 heterocycles. The Balaban J connectivity index is 1.35. The van der Waals surface area contributed by atoms with Crippen molar-refractivity contribution in [2.75, 3.05) is 31.1 Å². The number of halogens is 2. The van der Waals surface area contributed by atoms with Gasteiger partial charge in [-0.2, -0.15) is 0 Å². The smallest absolute Gasteiger partial charge is 0.283 e. The van der Waals surface area contributed by atoms with E-state index in [1.807, 2.05) is 17.0 Å². The number of anilines is 1. The third-order valence-corrected chi connectivity index (χ3v) is 7.08. The van der Waals surface area contributed by atoms with Crippen LogP contribution in [0, 0.1) is 0 Å². The molecule has 1 fully saturated rings. The van der Waals surface area contributed by atoms with E-state index in [2.05, 4.69) is 48.5 Å². The van der Waals surface area contributed by atoms with Crippen LogP contribution in [-0.4, -0.2) is 42.9 Å². The van der Waals surface area contributed by atoms with Crippen LogP contribution in [0.3, 0.4) is 0 Å². The van der Waals surface area contributed by atoms with Crippen molar-refractivity contribution in [3.63, 3.8) is 0 Å². The van der Waals surface area contributed by atoms with Crippen LogP contribution < -0.4 is 9.80 Å². The maximum Gasteiger partial charge on any atom is 0.283 e. The van der Waals surface area contributed by atoms with Gasteiger partial charge in [-0.3, -0.25) is 9.59 Å². The number of imide groups is 1. The van der Waals surface area contributed by atoms with E-state index in [0.29, 0.717) is 23.8 Å². The molecule has 5 nitrogen and oxygen atoms in total. The molecule has 2 aliphatic rings. The summed E-state index contributed by atoms with van der Waals surface area (Å²) in [4.78, 5) is 30.6. The van der Waals surface area contributed by atoms with Crippen LogP contribution in [0.2, 0.25) is 5.02 Å². The fraction of sp³-hybridized carbons (Fsp3) is 0.185. The van der Waals surface area contributed by atoms with Gasteiger partial charge in [-0.1, -0.05) is 83.9 Å². The number of rotatable bonds is 5. The molecule has 3 aromatic carbocycles. The van der Waals surface area contributed by atoms with Gasteiger partial charge in [0.05, 0.1) is 31.9 Å². The van der Waals surface area contributed by atoms with Crippen molar-refractivity contribution in [1.82, 2.24) is 4.90 Å². The molecule has 1 saturated heterocycles. The number of carbonyl (C=O) groups excluding carboxylic acids is 2. The standard InChI is InChI=1S/C27H23Cl2N3O2/c28-21-11-13-22(14-12-21)32-26(33)23(29)25(27(32)34)31-17-15-30(16-18-31)24(19-7-3-1-4-8-19)20-9-5-2-6-10-20/h1-14,24H,15-18H2/p+1. The molecule has 0 aromatic heterocycles. The highest BCUT2D eigenvalue weighted by Gasteiger charge is 2.43. The number of benzene rings is 3. The molecule has 5 rings (SSSR count). The van der Waals surface area contributed by atoms with Gasteiger partial charge in [-0.05, 0) is 24.3 Å². The molecule has 7 heteroatoms. The highest BCUT2D eigenvalue weighted by molar-refractivity contribution is 6.52. The van der Waals surface area contributed by atoms with Crippen molar-refractivity contribution in [3.8, 4) is 0 Å². The van der Waals surface area contributed by atoms with E-state index in [1.54, 1.807) is 24.3 Å². The second kappa shape index (κ2) is 9.63. The average molecular weight is 493 g/mol. The van der Waals surface area contributed by atoms with Gasteiger partial charge in [-0.15, -0.1) is 0 Å². The highest BCUT2D eigenvalue weighted by Crippen LogP contribution is 2.32. The Bertz CT molecular complexity index is 1180. The van der Waals surface area contributed by atoms with Gasteiger partial charge in [0.25, 0.3) is 11.8 Å². The van der Waals surface area contributed by atoms with Crippen molar-refractivity contribution in [1.29, 1.82) is 0 Å². The Kier molecular flexibility index (Phi) is 6.42. The third-order valence-electron chi connectivity index (χ3n) is 6.49. The monoisotopic (exact) mass is 492 g/mol. The number of nitrogens with zero attached hydrogens (tertiary/aromatic N) is 2. The number of nitrogens with one attached hydrogen (secondary N) is 1. The van der Waals surface area contributed by atoms with Gasteiger partial charge in [0, 0.05) is 16.1 Å². The molecule has 3 aromatic rings. The maximum atomic E-state index is 13.3. The highest BCUT2D eigenvalue weighted by atomic mass is 35.5. The molecule has 0 aliphatic carbocycles.